The van der Waals surface area contributed by atoms with Crippen molar-refractivity contribution in [1.29, 1.82) is 0 Å². The molecule has 1 saturated heterocycles. The summed E-state index contributed by atoms with van der Waals surface area (Å²) >= 11 is 1.42. The van der Waals surface area contributed by atoms with Crippen LogP contribution in [0, 0.1) is 0 Å². The fourth-order valence-electron chi connectivity index (χ4n) is 4.00. The maximum absolute atomic E-state index is 13.1. The Labute approximate surface area is 188 Å². The highest BCUT2D eigenvalue weighted by molar-refractivity contribution is 7.10. The van der Waals surface area contributed by atoms with Gasteiger partial charge >= 0.3 is 0 Å². The quantitative estimate of drug-likeness (QED) is 0.359. The monoisotopic (exact) mass is 449 g/mol. The number of Topliss-reactive ketones (excluding diaryl/α,β-unsaturated/α-hetero) is 1. The van der Waals surface area contributed by atoms with Crippen molar-refractivity contribution in [3.8, 4) is 17.2 Å². The molecule has 1 amide bonds. The number of carbonyl (C=O) groups is 2. The van der Waals surface area contributed by atoms with Crippen LogP contribution in [0.5, 0.6) is 17.2 Å². The number of rotatable bonds is 5. The molecule has 1 N–H and O–H groups in total. The predicted molar refractivity (Wildman–Crippen MR) is 118 cm³/mol. The van der Waals surface area contributed by atoms with E-state index in [2.05, 4.69) is 0 Å². The number of thiophene rings is 1. The SMILES string of the molecule is COc1ccccc1CN1C(=O)C(=O)/C(=C(\O)c2ccc3c(c2)OCO3)C1c1cccs1. The summed E-state index contributed by atoms with van der Waals surface area (Å²) in [6.07, 6.45) is 0. The van der Waals surface area contributed by atoms with E-state index in [0.29, 0.717) is 22.8 Å². The number of ketones is 1. The fourth-order valence-corrected chi connectivity index (χ4v) is 4.85. The number of aliphatic hydroxyl groups is 1. The molecule has 8 heteroatoms. The first-order valence-electron chi connectivity index (χ1n) is 9.92. The van der Waals surface area contributed by atoms with Crippen molar-refractivity contribution in [3.63, 3.8) is 0 Å². The molecule has 162 valence electrons. The average Bonchev–Trinajstić information content (AvgIpc) is 3.55. The standard InChI is InChI=1S/C24H19NO6S/c1-29-16-6-3-2-5-15(16)12-25-21(19-7-4-10-32-19)20(23(27)24(25)28)22(26)14-8-9-17-18(11-14)31-13-30-17/h2-11,21,26H,12-13H2,1H3/b22-20-. The topological polar surface area (TPSA) is 85.3 Å². The second-order valence-corrected chi connectivity index (χ2v) is 8.30. The van der Waals surface area contributed by atoms with E-state index in [1.807, 2.05) is 35.7 Å². The van der Waals surface area contributed by atoms with Crippen LogP contribution in [0.1, 0.15) is 22.0 Å². The number of hydrogen-bond acceptors (Lipinski definition) is 7. The molecule has 2 aromatic carbocycles. The van der Waals surface area contributed by atoms with Crippen LogP contribution in [0.15, 0.2) is 65.6 Å². The summed E-state index contributed by atoms with van der Waals surface area (Å²) in [6, 6.07) is 15.2. The van der Waals surface area contributed by atoms with Crippen molar-refractivity contribution in [2.24, 2.45) is 0 Å². The molecule has 0 bridgehead atoms. The van der Waals surface area contributed by atoms with Gasteiger partial charge in [-0.1, -0.05) is 24.3 Å². The van der Waals surface area contributed by atoms with Gasteiger partial charge < -0.3 is 24.2 Å². The summed E-state index contributed by atoms with van der Waals surface area (Å²) in [6.45, 7) is 0.257. The summed E-state index contributed by atoms with van der Waals surface area (Å²) in [5, 5.41) is 13.0. The lowest BCUT2D eigenvalue weighted by Crippen LogP contribution is -2.29. The third kappa shape index (κ3) is 3.29. The molecule has 7 nitrogen and oxygen atoms in total. The normalized spacial score (nSPS) is 18.9. The molecule has 1 aromatic heterocycles. The molecule has 0 radical (unpaired) electrons. The van der Waals surface area contributed by atoms with Crippen molar-refractivity contribution in [2.45, 2.75) is 12.6 Å². The van der Waals surface area contributed by atoms with Gasteiger partial charge in [0.2, 0.25) is 6.79 Å². The molecule has 3 heterocycles. The number of aliphatic hydroxyl groups excluding tert-OH is 1. The van der Waals surface area contributed by atoms with E-state index >= 15 is 0 Å². The van der Waals surface area contributed by atoms with Crippen molar-refractivity contribution in [2.75, 3.05) is 13.9 Å². The van der Waals surface area contributed by atoms with E-state index < -0.39 is 17.7 Å². The third-order valence-corrected chi connectivity index (χ3v) is 6.46. The van der Waals surface area contributed by atoms with Gasteiger partial charge in [0.05, 0.1) is 25.3 Å². The van der Waals surface area contributed by atoms with Gasteiger partial charge in [-0.15, -0.1) is 11.3 Å². The second kappa shape index (κ2) is 8.05. The molecule has 3 aromatic rings. The summed E-state index contributed by atoms with van der Waals surface area (Å²) in [4.78, 5) is 28.5. The van der Waals surface area contributed by atoms with Crippen molar-refractivity contribution >= 4 is 28.8 Å². The largest absolute Gasteiger partial charge is 0.507 e. The Hall–Kier alpha value is -3.78. The summed E-state index contributed by atoms with van der Waals surface area (Å²) in [5.41, 5.74) is 1.19. The Bertz CT molecular complexity index is 1230. The first-order valence-corrected chi connectivity index (χ1v) is 10.8. The number of ether oxygens (including phenoxy) is 3. The van der Waals surface area contributed by atoms with Gasteiger partial charge in [0.15, 0.2) is 11.5 Å². The highest BCUT2D eigenvalue weighted by atomic mass is 32.1. The fraction of sp³-hybridized carbons (Fsp3) is 0.167. The average molecular weight is 449 g/mol. The van der Waals surface area contributed by atoms with Crippen LogP contribution < -0.4 is 14.2 Å². The smallest absolute Gasteiger partial charge is 0.295 e. The lowest BCUT2D eigenvalue weighted by Gasteiger charge is -2.25. The summed E-state index contributed by atoms with van der Waals surface area (Å²) in [7, 11) is 1.56. The lowest BCUT2D eigenvalue weighted by molar-refractivity contribution is -0.140. The molecular formula is C24H19NO6S. The number of fused-ring (bicyclic) bond motifs is 1. The van der Waals surface area contributed by atoms with Crippen molar-refractivity contribution in [3.05, 3.63) is 81.6 Å². The lowest BCUT2D eigenvalue weighted by atomic mass is 9.99. The number of para-hydroxylation sites is 1. The Balaban J connectivity index is 1.61. The highest BCUT2D eigenvalue weighted by Crippen LogP contribution is 2.43. The third-order valence-electron chi connectivity index (χ3n) is 5.53. The molecule has 0 saturated carbocycles. The van der Waals surface area contributed by atoms with Gasteiger partial charge in [0.1, 0.15) is 11.5 Å². The van der Waals surface area contributed by atoms with Crippen molar-refractivity contribution in [1.82, 2.24) is 4.90 Å². The van der Waals surface area contributed by atoms with E-state index in [9.17, 15) is 14.7 Å². The Morgan fingerprint density at radius 1 is 1.12 bits per heavy atom. The Morgan fingerprint density at radius 3 is 2.72 bits per heavy atom. The number of nitrogens with zero attached hydrogens (tertiary/aromatic N) is 1. The van der Waals surface area contributed by atoms with Gasteiger partial charge in [-0.2, -0.15) is 0 Å². The molecule has 1 fully saturated rings. The van der Waals surface area contributed by atoms with Crippen LogP contribution in [0.2, 0.25) is 0 Å². The molecule has 5 rings (SSSR count). The summed E-state index contributed by atoms with van der Waals surface area (Å²) in [5.74, 6) is 0.0145. The highest BCUT2D eigenvalue weighted by Gasteiger charge is 2.46. The van der Waals surface area contributed by atoms with Crippen LogP contribution in [0.4, 0.5) is 0 Å². The van der Waals surface area contributed by atoms with E-state index in [1.165, 1.54) is 16.2 Å². The van der Waals surface area contributed by atoms with Crippen LogP contribution in [-0.2, 0) is 16.1 Å². The summed E-state index contributed by atoms with van der Waals surface area (Å²) < 4.78 is 16.1. The first-order chi connectivity index (χ1) is 15.6. The first kappa shape index (κ1) is 20.1. The molecule has 1 atom stereocenters. The van der Waals surface area contributed by atoms with E-state index in [0.717, 1.165) is 10.4 Å². The minimum atomic E-state index is -0.728. The van der Waals surface area contributed by atoms with E-state index in [1.54, 1.807) is 31.4 Å². The van der Waals surface area contributed by atoms with E-state index in [-0.39, 0.29) is 24.7 Å². The van der Waals surface area contributed by atoms with Crippen LogP contribution in [0.25, 0.3) is 5.76 Å². The number of hydrogen-bond donors (Lipinski definition) is 1. The minimum absolute atomic E-state index is 0.0474. The van der Waals surface area contributed by atoms with Gasteiger partial charge in [-0.25, -0.2) is 0 Å². The maximum Gasteiger partial charge on any atom is 0.295 e. The zero-order valence-corrected chi connectivity index (χ0v) is 17.9. The van der Waals surface area contributed by atoms with Crippen molar-refractivity contribution < 1.29 is 28.9 Å². The number of likely N-dealkylation sites (tertiary alicyclic amines) is 1. The molecule has 2 aliphatic heterocycles. The second-order valence-electron chi connectivity index (χ2n) is 7.32. The van der Waals surface area contributed by atoms with Crippen LogP contribution >= 0.6 is 11.3 Å². The molecule has 2 aliphatic rings. The van der Waals surface area contributed by atoms with Crippen LogP contribution in [0.3, 0.4) is 0 Å². The molecule has 32 heavy (non-hydrogen) atoms. The number of amides is 1. The molecular weight excluding hydrogens is 430 g/mol. The minimum Gasteiger partial charge on any atom is -0.507 e. The molecule has 1 unspecified atom stereocenters. The molecule has 0 spiro atoms. The Morgan fingerprint density at radius 2 is 1.94 bits per heavy atom. The number of benzene rings is 2. The van der Waals surface area contributed by atoms with Gasteiger partial charge in [0, 0.05) is 16.0 Å². The van der Waals surface area contributed by atoms with Crippen LogP contribution in [-0.4, -0.2) is 35.6 Å². The van der Waals surface area contributed by atoms with Gasteiger partial charge in [-0.05, 0) is 35.7 Å². The predicted octanol–water partition coefficient (Wildman–Crippen LogP) is 4.11. The maximum atomic E-state index is 13.1. The zero-order chi connectivity index (χ0) is 22.2. The zero-order valence-electron chi connectivity index (χ0n) is 17.1. The number of methoxy groups -OCH3 is 1. The Kier molecular flexibility index (Phi) is 5.07. The van der Waals surface area contributed by atoms with Gasteiger partial charge in [0.25, 0.3) is 11.7 Å². The molecule has 0 aliphatic carbocycles. The van der Waals surface area contributed by atoms with Gasteiger partial charge in [-0.3, -0.25) is 9.59 Å². The van der Waals surface area contributed by atoms with E-state index in [4.69, 9.17) is 14.2 Å². The number of carbonyl (C=O) groups excluding carboxylic acids is 2.